The lowest BCUT2D eigenvalue weighted by Crippen LogP contribution is -2.41. The van der Waals surface area contributed by atoms with E-state index in [4.69, 9.17) is 14.2 Å². The Balaban J connectivity index is 2.61. The zero-order valence-electron chi connectivity index (χ0n) is 14.9. The third-order valence-corrected chi connectivity index (χ3v) is 3.93. The van der Waals surface area contributed by atoms with Gasteiger partial charge in [-0.25, -0.2) is 9.59 Å². The summed E-state index contributed by atoms with van der Waals surface area (Å²) in [6, 6.07) is 0. The molecule has 0 spiro atoms. The van der Waals surface area contributed by atoms with Gasteiger partial charge in [0.2, 0.25) is 0 Å². The molecule has 0 aromatic heterocycles. The van der Waals surface area contributed by atoms with E-state index in [9.17, 15) is 9.59 Å². The molecule has 0 radical (unpaired) electrons. The molecule has 0 aromatic rings. The van der Waals surface area contributed by atoms with E-state index in [0.29, 0.717) is 6.42 Å². The van der Waals surface area contributed by atoms with Crippen LogP contribution in [0.4, 0.5) is 0 Å². The molecule has 0 heterocycles. The quantitative estimate of drug-likeness (QED) is 0.504. The summed E-state index contributed by atoms with van der Waals surface area (Å²) in [5, 5.41) is 0. The van der Waals surface area contributed by atoms with Crippen molar-refractivity contribution in [1.29, 1.82) is 0 Å². The average molecular weight is 326 g/mol. The monoisotopic (exact) mass is 326 g/mol. The molecule has 0 amide bonds. The molecule has 5 heteroatoms. The highest BCUT2D eigenvalue weighted by Crippen LogP contribution is 2.36. The number of carbonyl (C=O) groups is 2. The van der Waals surface area contributed by atoms with Crippen LogP contribution in [0.2, 0.25) is 0 Å². The van der Waals surface area contributed by atoms with Crippen LogP contribution in [0.3, 0.4) is 0 Å². The molecule has 1 unspecified atom stereocenters. The molecule has 23 heavy (non-hydrogen) atoms. The van der Waals surface area contributed by atoms with Gasteiger partial charge < -0.3 is 14.2 Å². The third kappa shape index (κ3) is 7.16. The van der Waals surface area contributed by atoms with E-state index in [2.05, 4.69) is 6.58 Å². The largest absolute Gasteiger partial charge is 0.456 e. The highest BCUT2D eigenvalue weighted by Gasteiger charge is 2.38. The van der Waals surface area contributed by atoms with Crippen molar-refractivity contribution in [3.8, 4) is 0 Å². The molecule has 0 N–H and O–H groups in total. The molecular formula is C18H30O5. The first-order chi connectivity index (χ1) is 10.7. The minimum absolute atomic E-state index is 0.0128. The zero-order chi connectivity index (χ0) is 17.5. The lowest BCUT2D eigenvalue weighted by molar-refractivity contribution is -0.176. The summed E-state index contributed by atoms with van der Waals surface area (Å²) in [7, 11) is 0. The predicted molar refractivity (Wildman–Crippen MR) is 88.0 cm³/mol. The molecule has 1 atom stereocenters. The van der Waals surface area contributed by atoms with Crippen molar-refractivity contribution in [1.82, 2.24) is 0 Å². The minimum Gasteiger partial charge on any atom is -0.456 e. The number of rotatable bonds is 8. The fourth-order valence-electron chi connectivity index (χ4n) is 3.10. The zero-order valence-corrected chi connectivity index (χ0v) is 14.9. The van der Waals surface area contributed by atoms with Crippen molar-refractivity contribution in [2.45, 2.75) is 84.0 Å². The smallest absolute Gasteiger partial charge is 0.344 e. The Hall–Kier alpha value is -1.36. The predicted octanol–water partition coefficient (Wildman–Crippen LogP) is 3.56. The van der Waals surface area contributed by atoms with Crippen molar-refractivity contribution in [2.75, 3.05) is 6.61 Å². The van der Waals surface area contributed by atoms with Crippen LogP contribution in [-0.4, -0.2) is 36.4 Å². The second kappa shape index (κ2) is 9.06. The van der Waals surface area contributed by atoms with Gasteiger partial charge in [0.15, 0.2) is 6.61 Å². The van der Waals surface area contributed by atoms with Gasteiger partial charge in [-0.2, -0.15) is 0 Å². The van der Waals surface area contributed by atoms with Gasteiger partial charge in [0.25, 0.3) is 0 Å². The van der Waals surface area contributed by atoms with Gasteiger partial charge >= 0.3 is 11.9 Å². The van der Waals surface area contributed by atoms with E-state index in [1.807, 2.05) is 20.8 Å². The van der Waals surface area contributed by atoms with Crippen molar-refractivity contribution in [3.63, 3.8) is 0 Å². The Morgan fingerprint density at radius 2 is 1.74 bits per heavy atom. The average Bonchev–Trinajstić information content (AvgIpc) is 2.44. The number of hydrogen-bond donors (Lipinski definition) is 0. The van der Waals surface area contributed by atoms with Gasteiger partial charge in [-0.1, -0.05) is 13.0 Å². The molecule has 0 saturated heterocycles. The molecule has 1 saturated carbocycles. The van der Waals surface area contributed by atoms with Crippen LogP contribution < -0.4 is 0 Å². The molecule has 1 fully saturated rings. The first-order valence-corrected chi connectivity index (χ1v) is 8.44. The van der Waals surface area contributed by atoms with Gasteiger partial charge in [-0.05, 0) is 53.4 Å². The second-order valence-corrected chi connectivity index (χ2v) is 6.77. The van der Waals surface area contributed by atoms with Crippen LogP contribution >= 0.6 is 0 Å². The Bertz CT molecular complexity index is 421. The summed E-state index contributed by atoms with van der Waals surface area (Å²) in [5.74, 6) is -1.07. The van der Waals surface area contributed by atoms with E-state index in [1.165, 1.54) is 0 Å². The first kappa shape index (κ1) is 19.7. The highest BCUT2D eigenvalue weighted by molar-refractivity contribution is 5.88. The van der Waals surface area contributed by atoms with Crippen molar-refractivity contribution < 1.29 is 23.8 Å². The topological polar surface area (TPSA) is 61.8 Å². The number of hydrogen-bond acceptors (Lipinski definition) is 5. The maximum Gasteiger partial charge on any atom is 0.344 e. The van der Waals surface area contributed by atoms with Gasteiger partial charge in [0.1, 0.15) is 5.60 Å². The lowest BCUT2D eigenvalue weighted by atomic mass is 9.81. The van der Waals surface area contributed by atoms with Crippen LogP contribution in [0, 0.1) is 0 Å². The minimum atomic E-state index is -0.573. The highest BCUT2D eigenvalue weighted by atomic mass is 16.6. The van der Waals surface area contributed by atoms with Gasteiger partial charge in [0.05, 0.1) is 12.2 Å². The molecule has 5 nitrogen and oxygen atoms in total. The number of esters is 2. The van der Waals surface area contributed by atoms with Crippen molar-refractivity contribution in [2.24, 2.45) is 0 Å². The molecule has 132 valence electrons. The van der Waals surface area contributed by atoms with E-state index in [1.54, 1.807) is 6.92 Å². The molecular weight excluding hydrogens is 296 g/mol. The van der Waals surface area contributed by atoms with Crippen LogP contribution in [0.5, 0.6) is 0 Å². The van der Waals surface area contributed by atoms with Gasteiger partial charge in [0, 0.05) is 12.0 Å². The first-order valence-electron chi connectivity index (χ1n) is 8.44. The maximum atomic E-state index is 12.1. The molecule has 1 rings (SSSR count). The van der Waals surface area contributed by atoms with Crippen LogP contribution in [-0.2, 0) is 23.8 Å². The number of ether oxygens (including phenoxy) is 3. The van der Waals surface area contributed by atoms with Gasteiger partial charge in [-0.15, -0.1) is 0 Å². The summed E-state index contributed by atoms with van der Waals surface area (Å²) in [6.45, 7) is 10.7. The summed E-state index contributed by atoms with van der Waals surface area (Å²) in [4.78, 5) is 23.4. The molecule has 0 bridgehead atoms. The fourth-order valence-corrected chi connectivity index (χ4v) is 3.10. The van der Waals surface area contributed by atoms with Crippen molar-refractivity contribution in [3.05, 3.63) is 12.2 Å². The third-order valence-electron chi connectivity index (χ3n) is 3.93. The lowest BCUT2D eigenvalue weighted by Gasteiger charge is -2.38. The SMILES string of the molecule is C=C(C)C(=O)OCC(=O)OC1(CC(C)OC(C)C)CCCCC1. The van der Waals surface area contributed by atoms with Crippen molar-refractivity contribution >= 4 is 11.9 Å². The normalized spacial score (nSPS) is 18.3. The fraction of sp³-hybridized carbons (Fsp3) is 0.778. The second-order valence-electron chi connectivity index (χ2n) is 6.77. The van der Waals surface area contributed by atoms with Crippen LogP contribution in [0.15, 0.2) is 12.2 Å². The van der Waals surface area contributed by atoms with Crippen LogP contribution in [0.25, 0.3) is 0 Å². The Kier molecular flexibility index (Phi) is 7.76. The molecule has 0 aromatic carbocycles. The summed E-state index contributed by atoms with van der Waals surface area (Å²) in [6.07, 6.45) is 5.71. The van der Waals surface area contributed by atoms with Gasteiger partial charge in [-0.3, -0.25) is 0 Å². The molecule has 0 aliphatic heterocycles. The Morgan fingerprint density at radius 3 is 2.26 bits per heavy atom. The number of carbonyl (C=O) groups excluding carboxylic acids is 2. The standard InChI is InChI=1S/C18H30O5/c1-13(2)17(20)21-12-16(19)23-18(9-7-6-8-10-18)11-15(5)22-14(3)4/h14-15H,1,6-12H2,2-5H3. The summed E-state index contributed by atoms with van der Waals surface area (Å²) >= 11 is 0. The molecule has 1 aliphatic rings. The maximum absolute atomic E-state index is 12.1. The van der Waals surface area contributed by atoms with Crippen LogP contribution in [0.1, 0.15) is 66.2 Å². The summed E-state index contributed by atoms with van der Waals surface area (Å²) in [5.41, 5.74) is -0.233. The van der Waals surface area contributed by atoms with E-state index < -0.39 is 17.5 Å². The van der Waals surface area contributed by atoms with E-state index in [0.717, 1.165) is 32.1 Å². The molecule has 1 aliphatic carbocycles. The van der Waals surface area contributed by atoms with E-state index >= 15 is 0 Å². The van der Waals surface area contributed by atoms with E-state index in [-0.39, 0.29) is 24.4 Å². The Labute approximate surface area is 139 Å². The Morgan fingerprint density at radius 1 is 1.13 bits per heavy atom. The summed E-state index contributed by atoms with van der Waals surface area (Å²) < 4.78 is 16.4.